The second kappa shape index (κ2) is 4.64. The fourth-order valence-electron chi connectivity index (χ4n) is 2.19. The van der Waals surface area contributed by atoms with Crippen LogP contribution in [0, 0.1) is 6.92 Å². The molecule has 0 saturated heterocycles. The topological polar surface area (TPSA) is 55.6 Å². The first-order valence-electron chi connectivity index (χ1n) is 6.81. The summed E-state index contributed by atoms with van der Waals surface area (Å²) >= 11 is 0. The van der Waals surface area contributed by atoms with E-state index < -0.39 is 0 Å². The molecular weight excluding hydrogens is 238 g/mol. The third-order valence-electron chi connectivity index (χ3n) is 3.41. The van der Waals surface area contributed by atoms with Crippen LogP contribution in [0.2, 0.25) is 0 Å². The summed E-state index contributed by atoms with van der Waals surface area (Å²) < 4.78 is 1.81. The van der Waals surface area contributed by atoms with Crippen molar-refractivity contribution >= 4 is 5.82 Å². The monoisotopic (exact) mass is 257 g/mol. The van der Waals surface area contributed by atoms with Gasteiger partial charge in [0, 0.05) is 31.3 Å². The lowest BCUT2D eigenvalue weighted by atomic mass is 10.1. The highest BCUT2D eigenvalue weighted by molar-refractivity contribution is 5.65. The first-order chi connectivity index (χ1) is 9.19. The molecule has 100 valence electrons. The molecule has 0 bridgehead atoms. The standard InChI is InChI=1S/C14H19N5/c1-4-15-13-9(2)12(11-7-8-19(3)18-11)16-14(17-13)10-5-6-10/h7-8,10H,4-6H2,1-3H3,(H,15,16,17). The average Bonchev–Trinajstić information content (AvgIpc) is 3.15. The Balaban J connectivity index is 2.10. The molecule has 2 aromatic rings. The van der Waals surface area contributed by atoms with Crippen LogP contribution in [0.25, 0.3) is 11.4 Å². The molecule has 0 radical (unpaired) electrons. The van der Waals surface area contributed by atoms with Crippen molar-refractivity contribution in [1.29, 1.82) is 0 Å². The lowest BCUT2D eigenvalue weighted by Gasteiger charge is -2.11. The van der Waals surface area contributed by atoms with E-state index in [0.717, 1.165) is 35.1 Å². The third kappa shape index (κ3) is 2.32. The van der Waals surface area contributed by atoms with Crippen molar-refractivity contribution in [3.8, 4) is 11.4 Å². The number of aromatic nitrogens is 4. The van der Waals surface area contributed by atoms with E-state index in [1.54, 1.807) is 4.68 Å². The number of nitrogens with one attached hydrogen (secondary N) is 1. The van der Waals surface area contributed by atoms with Crippen LogP contribution in [-0.4, -0.2) is 26.3 Å². The van der Waals surface area contributed by atoms with Gasteiger partial charge in [0.15, 0.2) is 0 Å². The summed E-state index contributed by atoms with van der Waals surface area (Å²) in [4.78, 5) is 9.39. The lowest BCUT2D eigenvalue weighted by Crippen LogP contribution is -2.07. The lowest BCUT2D eigenvalue weighted by molar-refractivity contribution is 0.768. The van der Waals surface area contributed by atoms with Gasteiger partial charge in [0.2, 0.25) is 0 Å². The molecule has 0 aromatic carbocycles. The van der Waals surface area contributed by atoms with Gasteiger partial charge >= 0.3 is 0 Å². The molecule has 3 rings (SSSR count). The maximum absolute atomic E-state index is 4.73. The van der Waals surface area contributed by atoms with E-state index in [4.69, 9.17) is 4.98 Å². The van der Waals surface area contributed by atoms with Gasteiger partial charge < -0.3 is 5.32 Å². The fraction of sp³-hybridized carbons (Fsp3) is 0.500. The van der Waals surface area contributed by atoms with Gasteiger partial charge in [-0.1, -0.05) is 0 Å². The van der Waals surface area contributed by atoms with E-state index in [9.17, 15) is 0 Å². The number of rotatable bonds is 4. The van der Waals surface area contributed by atoms with E-state index in [1.165, 1.54) is 12.8 Å². The summed E-state index contributed by atoms with van der Waals surface area (Å²) in [5, 5.41) is 7.79. The molecule has 0 aliphatic heterocycles. The van der Waals surface area contributed by atoms with Crippen LogP contribution >= 0.6 is 0 Å². The fourth-order valence-corrected chi connectivity index (χ4v) is 2.19. The molecule has 2 aromatic heterocycles. The van der Waals surface area contributed by atoms with Gasteiger partial charge in [-0.25, -0.2) is 9.97 Å². The number of hydrogen-bond donors (Lipinski definition) is 1. The predicted octanol–water partition coefficient (Wildman–Crippen LogP) is 2.49. The highest BCUT2D eigenvalue weighted by atomic mass is 15.3. The molecule has 19 heavy (non-hydrogen) atoms. The van der Waals surface area contributed by atoms with Crippen molar-refractivity contribution in [2.75, 3.05) is 11.9 Å². The van der Waals surface area contributed by atoms with Gasteiger partial charge in [-0.15, -0.1) is 0 Å². The van der Waals surface area contributed by atoms with Crippen molar-refractivity contribution in [3.05, 3.63) is 23.7 Å². The van der Waals surface area contributed by atoms with Crippen molar-refractivity contribution in [1.82, 2.24) is 19.7 Å². The summed E-state index contributed by atoms with van der Waals surface area (Å²) in [5.41, 5.74) is 2.95. The molecule has 2 heterocycles. The molecule has 1 saturated carbocycles. The Morgan fingerprint density at radius 2 is 2.16 bits per heavy atom. The first kappa shape index (κ1) is 12.1. The van der Waals surface area contributed by atoms with Gasteiger partial charge in [0.25, 0.3) is 0 Å². The quantitative estimate of drug-likeness (QED) is 0.914. The van der Waals surface area contributed by atoms with Crippen LogP contribution in [0.3, 0.4) is 0 Å². The van der Waals surface area contributed by atoms with Crippen molar-refractivity contribution in [3.63, 3.8) is 0 Å². The van der Waals surface area contributed by atoms with Gasteiger partial charge in [0.1, 0.15) is 17.3 Å². The molecule has 0 spiro atoms. The van der Waals surface area contributed by atoms with E-state index >= 15 is 0 Å². The van der Waals surface area contributed by atoms with Crippen molar-refractivity contribution in [2.45, 2.75) is 32.6 Å². The molecule has 5 heteroatoms. The summed E-state index contributed by atoms with van der Waals surface area (Å²) in [5.74, 6) is 2.45. The van der Waals surface area contributed by atoms with Gasteiger partial charge in [0.05, 0.1) is 5.69 Å². The minimum atomic E-state index is 0.542. The Hall–Kier alpha value is -1.91. The summed E-state index contributed by atoms with van der Waals surface area (Å²) in [6.45, 7) is 5.00. The first-order valence-corrected chi connectivity index (χ1v) is 6.81. The Bertz CT molecular complexity index is 598. The highest BCUT2D eigenvalue weighted by Gasteiger charge is 2.28. The Kier molecular flexibility index (Phi) is 2.97. The second-order valence-corrected chi connectivity index (χ2v) is 5.08. The Labute approximate surface area is 113 Å². The van der Waals surface area contributed by atoms with Crippen molar-refractivity contribution < 1.29 is 0 Å². The van der Waals surface area contributed by atoms with E-state index in [-0.39, 0.29) is 0 Å². The molecule has 0 unspecified atom stereocenters. The normalized spacial score (nSPS) is 14.7. The number of aryl methyl sites for hydroxylation is 1. The zero-order valence-electron chi connectivity index (χ0n) is 11.6. The van der Waals surface area contributed by atoms with E-state index in [1.807, 2.05) is 19.3 Å². The van der Waals surface area contributed by atoms with Crippen LogP contribution in [0.5, 0.6) is 0 Å². The zero-order valence-corrected chi connectivity index (χ0v) is 11.6. The molecule has 0 atom stereocenters. The minimum absolute atomic E-state index is 0.542. The molecule has 1 N–H and O–H groups in total. The van der Waals surface area contributed by atoms with Gasteiger partial charge in [-0.05, 0) is 32.8 Å². The van der Waals surface area contributed by atoms with E-state index in [2.05, 4.69) is 29.2 Å². The third-order valence-corrected chi connectivity index (χ3v) is 3.41. The van der Waals surface area contributed by atoms with Gasteiger partial charge in [-0.3, -0.25) is 4.68 Å². The Morgan fingerprint density at radius 1 is 1.37 bits per heavy atom. The van der Waals surface area contributed by atoms with E-state index in [0.29, 0.717) is 5.92 Å². The number of nitrogens with zero attached hydrogens (tertiary/aromatic N) is 4. The smallest absolute Gasteiger partial charge is 0.134 e. The predicted molar refractivity (Wildman–Crippen MR) is 75.1 cm³/mol. The molecule has 0 amide bonds. The number of hydrogen-bond acceptors (Lipinski definition) is 4. The summed E-state index contributed by atoms with van der Waals surface area (Å²) in [6.07, 6.45) is 4.35. The van der Waals surface area contributed by atoms with Crippen molar-refractivity contribution in [2.24, 2.45) is 7.05 Å². The number of anilines is 1. The van der Waals surface area contributed by atoms with Crippen LogP contribution in [0.4, 0.5) is 5.82 Å². The molecule has 5 nitrogen and oxygen atoms in total. The van der Waals surface area contributed by atoms with Crippen LogP contribution in [0.15, 0.2) is 12.3 Å². The zero-order chi connectivity index (χ0) is 13.4. The molecular formula is C14H19N5. The second-order valence-electron chi connectivity index (χ2n) is 5.08. The Morgan fingerprint density at radius 3 is 2.74 bits per heavy atom. The highest BCUT2D eigenvalue weighted by Crippen LogP contribution is 2.39. The average molecular weight is 257 g/mol. The molecule has 1 aliphatic carbocycles. The van der Waals surface area contributed by atoms with Crippen LogP contribution in [0.1, 0.15) is 37.1 Å². The van der Waals surface area contributed by atoms with Gasteiger partial charge in [-0.2, -0.15) is 5.10 Å². The molecule has 1 aliphatic rings. The van der Waals surface area contributed by atoms with Crippen LogP contribution in [-0.2, 0) is 7.05 Å². The summed E-state index contributed by atoms with van der Waals surface area (Å²) in [6, 6.07) is 2.00. The molecule has 1 fully saturated rings. The largest absolute Gasteiger partial charge is 0.370 e. The minimum Gasteiger partial charge on any atom is -0.370 e. The maximum atomic E-state index is 4.73. The van der Waals surface area contributed by atoms with Crippen LogP contribution < -0.4 is 5.32 Å². The maximum Gasteiger partial charge on any atom is 0.134 e. The summed E-state index contributed by atoms with van der Waals surface area (Å²) in [7, 11) is 1.92. The SMILES string of the molecule is CCNc1nc(C2CC2)nc(-c2ccn(C)n2)c1C.